The van der Waals surface area contributed by atoms with Gasteiger partial charge < -0.3 is 9.30 Å². The molecule has 0 bridgehead atoms. The number of benzene rings is 4. The molecule has 0 amide bonds. The first-order valence-corrected chi connectivity index (χ1v) is 8.68. The Hall–Kier alpha value is -3.33. The normalized spacial score (nSPS) is 11.5. The smallest absolute Gasteiger partial charge is 0.140 e. The summed E-state index contributed by atoms with van der Waals surface area (Å²) in [4.78, 5) is 5.04. The second-order valence-corrected chi connectivity index (χ2v) is 6.51. The van der Waals surface area contributed by atoms with Crippen LogP contribution in [0.3, 0.4) is 0 Å². The van der Waals surface area contributed by atoms with E-state index in [0.29, 0.717) is 0 Å². The molecule has 3 nitrogen and oxygen atoms in total. The highest BCUT2D eigenvalue weighted by Crippen LogP contribution is 2.36. The maximum atomic E-state index is 5.28. The molecule has 26 heavy (non-hydrogen) atoms. The molecule has 0 aliphatic heterocycles. The molecule has 4 aromatic carbocycles. The van der Waals surface area contributed by atoms with Crippen LogP contribution in [0.4, 0.5) is 0 Å². The topological polar surface area (TPSA) is 27.1 Å². The molecule has 0 aliphatic rings. The Kier molecular flexibility index (Phi) is 3.22. The van der Waals surface area contributed by atoms with Gasteiger partial charge >= 0.3 is 0 Å². The van der Waals surface area contributed by atoms with E-state index in [1.165, 1.54) is 27.1 Å². The minimum Gasteiger partial charge on any atom is -0.497 e. The number of aryl methyl sites for hydroxylation is 1. The molecule has 0 radical (unpaired) electrons. The van der Waals surface area contributed by atoms with Crippen molar-refractivity contribution in [3.05, 3.63) is 72.8 Å². The number of nitrogens with zero attached hydrogens (tertiary/aromatic N) is 2. The lowest BCUT2D eigenvalue weighted by Crippen LogP contribution is -1.93. The summed E-state index contributed by atoms with van der Waals surface area (Å²) in [7, 11) is 3.78. The van der Waals surface area contributed by atoms with Gasteiger partial charge in [0.2, 0.25) is 0 Å². The van der Waals surface area contributed by atoms with Crippen LogP contribution in [0.25, 0.3) is 44.0 Å². The fraction of sp³-hybridized carbons (Fsp3) is 0.0870. The third-order valence-corrected chi connectivity index (χ3v) is 5.10. The highest BCUT2D eigenvalue weighted by Gasteiger charge is 2.16. The van der Waals surface area contributed by atoms with Gasteiger partial charge in [-0.05, 0) is 35.0 Å². The van der Waals surface area contributed by atoms with E-state index in [4.69, 9.17) is 9.72 Å². The van der Waals surface area contributed by atoms with Gasteiger partial charge in [-0.3, -0.25) is 0 Å². The molecule has 0 fully saturated rings. The minimum absolute atomic E-state index is 0.850. The van der Waals surface area contributed by atoms with Crippen LogP contribution in [0.15, 0.2) is 72.8 Å². The zero-order valence-corrected chi connectivity index (χ0v) is 14.7. The highest BCUT2D eigenvalue weighted by molar-refractivity contribution is 6.23. The van der Waals surface area contributed by atoms with Crippen LogP contribution in [0, 0.1) is 0 Å². The second kappa shape index (κ2) is 5.60. The first kappa shape index (κ1) is 15.0. The van der Waals surface area contributed by atoms with Crippen LogP contribution < -0.4 is 4.74 Å². The average molecular weight is 338 g/mol. The van der Waals surface area contributed by atoms with Crippen LogP contribution in [0.1, 0.15) is 0 Å². The summed E-state index contributed by atoms with van der Waals surface area (Å²) in [6.07, 6.45) is 0. The van der Waals surface area contributed by atoms with Crippen molar-refractivity contribution in [1.82, 2.24) is 9.55 Å². The van der Waals surface area contributed by atoms with Crippen LogP contribution in [-0.2, 0) is 7.05 Å². The van der Waals surface area contributed by atoms with Gasteiger partial charge in [-0.25, -0.2) is 4.98 Å². The van der Waals surface area contributed by atoms with Crippen molar-refractivity contribution in [3.63, 3.8) is 0 Å². The van der Waals surface area contributed by atoms with E-state index in [2.05, 4.69) is 72.3 Å². The van der Waals surface area contributed by atoms with E-state index in [0.717, 1.165) is 22.7 Å². The van der Waals surface area contributed by atoms with E-state index >= 15 is 0 Å². The molecule has 5 aromatic rings. The summed E-state index contributed by atoms with van der Waals surface area (Å²) in [6, 6.07) is 25.2. The SMILES string of the molecule is COc1ccc(-c2nc3c4ccccc4c4ccccc4c3n2C)cc1. The van der Waals surface area contributed by atoms with Crippen molar-refractivity contribution in [2.75, 3.05) is 7.11 Å². The molecule has 0 spiro atoms. The van der Waals surface area contributed by atoms with Crippen molar-refractivity contribution >= 4 is 32.6 Å². The van der Waals surface area contributed by atoms with Gasteiger partial charge in [0.05, 0.1) is 18.1 Å². The zero-order chi connectivity index (χ0) is 17.7. The fourth-order valence-corrected chi connectivity index (χ4v) is 3.84. The predicted octanol–water partition coefficient (Wildman–Crippen LogP) is 5.56. The maximum absolute atomic E-state index is 5.28. The van der Waals surface area contributed by atoms with E-state index in [1.54, 1.807) is 7.11 Å². The molecular weight excluding hydrogens is 320 g/mol. The molecule has 5 rings (SSSR count). The van der Waals surface area contributed by atoms with E-state index < -0.39 is 0 Å². The molecule has 0 N–H and O–H groups in total. The largest absolute Gasteiger partial charge is 0.497 e. The third kappa shape index (κ3) is 2.04. The molecule has 0 saturated heterocycles. The molecule has 0 saturated carbocycles. The first-order chi connectivity index (χ1) is 12.8. The van der Waals surface area contributed by atoms with Gasteiger partial charge in [-0.1, -0.05) is 48.5 Å². The number of imidazole rings is 1. The predicted molar refractivity (Wildman–Crippen MR) is 108 cm³/mol. The van der Waals surface area contributed by atoms with Gasteiger partial charge in [0, 0.05) is 23.4 Å². The van der Waals surface area contributed by atoms with Gasteiger partial charge in [0.15, 0.2) is 0 Å². The number of fused-ring (bicyclic) bond motifs is 6. The minimum atomic E-state index is 0.850. The van der Waals surface area contributed by atoms with E-state index in [9.17, 15) is 0 Å². The van der Waals surface area contributed by atoms with Crippen LogP contribution in [0.5, 0.6) is 5.75 Å². The monoisotopic (exact) mass is 338 g/mol. The zero-order valence-electron chi connectivity index (χ0n) is 14.7. The van der Waals surface area contributed by atoms with Crippen molar-refractivity contribution in [1.29, 1.82) is 0 Å². The lowest BCUT2D eigenvalue weighted by atomic mass is 10.00. The molecule has 0 atom stereocenters. The summed E-state index contributed by atoms with van der Waals surface area (Å²) in [5.41, 5.74) is 3.30. The lowest BCUT2D eigenvalue weighted by molar-refractivity contribution is 0.415. The quantitative estimate of drug-likeness (QED) is 0.394. The number of methoxy groups -OCH3 is 1. The summed E-state index contributed by atoms with van der Waals surface area (Å²) < 4.78 is 7.48. The lowest BCUT2D eigenvalue weighted by Gasteiger charge is -2.08. The summed E-state index contributed by atoms with van der Waals surface area (Å²) in [5.74, 6) is 1.81. The summed E-state index contributed by atoms with van der Waals surface area (Å²) >= 11 is 0. The van der Waals surface area contributed by atoms with Crippen LogP contribution in [0.2, 0.25) is 0 Å². The molecular formula is C23H18N2O. The third-order valence-electron chi connectivity index (χ3n) is 5.10. The number of aromatic nitrogens is 2. The number of rotatable bonds is 2. The second-order valence-electron chi connectivity index (χ2n) is 6.51. The summed E-state index contributed by atoms with van der Waals surface area (Å²) in [6.45, 7) is 0. The summed E-state index contributed by atoms with van der Waals surface area (Å²) in [5, 5.41) is 4.93. The molecule has 0 unspecified atom stereocenters. The van der Waals surface area contributed by atoms with Crippen molar-refractivity contribution in [2.45, 2.75) is 0 Å². The van der Waals surface area contributed by atoms with E-state index in [1.807, 2.05) is 12.1 Å². The first-order valence-electron chi connectivity index (χ1n) is 8.68. The molecule has 1 aromatic heterocycles. The van der Waals surface area contributed by atoms with Crippen molar-refractivity contribution < 1.29 is 4.74 Å². The Labute approximate surface area is 151 Å². The average Bonchev–Trinajstić information content (AvgIpc) is 3.06. The highest BCUT2D eigenvalue weighted by atomic mass is 16.5. The standard InChI is InChI=1S/C23H18N2O/c1-25-22-20-10-6-4-8-18(20)17-7-3-5-9-19(17)21(22)24-23(25)15-11-13-16(26-2)14-12-15/h3-14H,1-2H3. The Morgan fingerprint density at radius 1 is 0.731 bits per heavy atom. The number of hydrogen-bond donors (Lipinski definition) is 0. The molecule has 0 aliphatic carbocycles. The molecule has 1 heterocycles. The van der Waals surface area contributed by atoms with Gasteiger partial charge in [-0.2, -0.15) is 0 Å². The van der Waals surface area contributed by atoms with E-state index in [-0.39, 0.29) is 0 Å². The fourth-order valence-electron chi connectivity index (χ4n) is 3.84. The number of hydrogen-bond acceptors (Lipinski definition) is 2. The van der Waals surface area contributed by atoms with Crippen LogP contribution in [-0.4, -0.2) is 16.7 Å². The van der Waals surface area contributed by atoms with Crippen molar-refractivity contribution in [2.24, 2.45) is 7.05 Å². The van der Waals surface area contributed by atoms with Gasteiger partial charge in [0.25, 0.3) is 0 Å². The van der Waals surface area contributed by atoms with Gasteiger partial charge in [-0.15, -0.1) is 0 Å². The van der Waals surface area contributed by atoms with Gasteiger partial charge in [0.1, 0.15) is 11.6 Å². The Balaban J connectivity index is 1.92. The van der Waals surface area contributed by atoms with Crippen molar-refractivity contribution in [3.8, 4) is 17.1 Å². The molecule has 126 valence electrons. The van der Waals surface area contributed by atoms with Crippen LogP contribution >= 0.6 is 0 Å². The number of ether oxygens (including phenoxy) is 1. The Morgan fingerprint density at radius 3 is 1.96 bits per heavy atom. The Bertz CT molecular complexity index is 1270. The Morgan fingerprint density at radius 2 is 1.31 bits per heavy atom. The molecule has 3 heteroatoms. The maximum Gasteiger partial charge on any atom is 0.140 e.